The summed E-state index contributed by atoms with van der Waals surface area (Å²) in [4.78, 5) is 86.8. The SMILES string of the molecule is O=C([O-])CN(CC(=O)[O-])CC(O)CN(CC(=O)[O-])CC(=O)[O-].O=C([O-])CN(CC(=O)[O-])CC(O)CN(CC(=O)[O-])CC(=O)[O-].[Pt+4].[Pt+4]. The summed E-state index contributed by atoms with van der Waals surface area (Å²) >= 11 is 0. The summed E-state index contributed by atoms with van der Waals surface area (Å²) < 4.78 is 0. The van der Waals surface area contributed by atoms with Gasteiger partial charge in [-0.3, -0.25) is 19.6 Å². The topological polar surface area (TPSA) is 374 Å². The quantitative estimate of drug-likeness (QED) is 0.0906. The number of nitrogens with zero attached hydrogens (tertiary/aromatic N) is 4. The second-order valence-electron chi connectivity index (χ2n) is 8.96. The predicted octanol–water partition coefficient (Wildman–Crippen LogP) is -16.1. The third-order valence-electron chi connectivity index (χ3n) is 4.70. The van der Waals surface area contributed by atoms with Crippen molar-refractivity contribution in [3.8, 4) is 0 Å². The molecule has 0 heterocycles. The van der Waals surface area contributed by atoms with Gasteiger partial charge in [-0.2, -0.15) is 0 Å². The number of aliphatic carboxylic acids is 8. The molecular formula is C22H28N4O18Pt2. The van der Waals surface area contributed by atoms with Crippen LogP contribution in [0.3, 0.4) is 0 Å². The van der Waals surface area contributed by atoms with Crippen LogP contribution in [0.2, 0.25) is 0 Å². The second-order valence-corrected chi connectivity index (χ2v) is 8.96. The van der Waals surface area contributed by atoms with E-state index in [1.54, 1.807) is 0 Å². The second kappa shape index (κ2) is 27.1. The van der Waals surface area contributed by atoms with Gasteiger partial charge in [0.2, 0.25) is 0 Å². The van der Waals surface area contributed by atoms with Gasteiger partial charge in [-0.25, -0.2) is 0 Å². The van der Waals surface area contributed by atoms with Crippen LogP contribution >= 0.6 is 0 Å². The van der Waals surface area contributed by atoms with Crippen molar-refractivity contribution in [1.29, 1.82) is 0 Å². The van der Waals surface area contributed by atoms with Gasteiger partial charge in [0.1, 0.15) is 0 Å². The van der Waals surface area contributed by atoms with Gasteiger partial charge in [-0.1, -0.05) is 0 Å². The van der Waals surface area contributed by atoms with Crippen LogP contribution in [0, 0.1) is 0 Å². The van der Waals surface area contributed by atoms with Crippen molar-refractivity contribution < 1.29 is 132 Å². The molecule has 22 nitrogen and oxygen atoms in total. The maximum absolute atomic E-state index is 10.5. The molecule has 24 heteroatoms. The first-order valence-electron chi connectivity index (χ1n) is 12.0. The van der Waals surface area contributed by atoms with Crippen molar-refractivity contribution in [2.75, 3.05) is 78.5 Å². The number of carbonyl (C=O) groups excluding carboxylic acids is 8. The Balaban J connectivity index is -0.000000367. The summed E-state index contributed by atoms with van der Waals surface area (Å²) in [6.45, 7) is -8.29. The molecule has 264 valence electrons. The van der Waals surface area contributed by atoms with Gasteiger partial charge < -0.3 is 89.4 Å². The van der Waals surface area contributed by atoms with Crippen molar-refractivity contribution in [1.82, 2.24) is 19.6 Å². The van der Waals surface area contributed by atoms with Crippen LogP contribution in [-0.2, 0) is 80.5 Å². The maximum atomic E-state index is 10.5. The van der Waals surface area contributed by atoms with E-state index in [9.17, 15) is 89.4 Å². The number of carbonyl (C=O) groups is 8. The number of aliphatic hydroxyl groups excluding tert-OH is 2. The van der Waals surface area contributed by atoms with Crippen LogP contribution in [0.1, 0.15) is 0 Å². The van der Waals surface area contributed by atoms with E-state index in [1.165, 1.54) is 0 Å². The Bertz CT molecular complexity index is 801. The Hall–Kier alpha value is -3.10. The van der Waals surface area contributed by atoms with Gasteiger partial charge in [0.25, 0.3) is 0 Å². The molecule has 0 amide bonds. The molecule has 0 bridgehead atoms. The van der Waals surface area contributed by atoms with Crippen molar-refractivity contribution in [2.24, 2.45) is 0 Å². The number of hydrogen-bond acceptors (Lipinski definition) is 22. The third-order valence-corrected chi connectivity index (χ3v) is 4.70. The minimum atomic E-state index is -1.59. The van der Waals surface area contributed by atoms with E-state index in [0.29, 0.717) is 0 Å². The molecule has 0 aromatic rings. The fourth-order valence-electron chi connectivity index (χ4n) is 3.51. The molecule has 0 fully saturated rings. The standard InChI is InChI=1S/2C11H18N2O9.2Pt/c2*14-7(1-12(3-8(15)16)4-9(17)18)2-13(5-10(19)20)6-11(21)22;;/h2*7,14H,1-6H2,(H,15,16)(H,17,18)(H,19,20)(H,21,22);;/q;;2*+4/p-8. The zero-order chi connectivity index (χ0) is 34.6. The first kappa shape index (κ1) is 49.8. The first-order valence-corrected chi connectivity index (χ1v) is 12.0. The maximum Gasteiger partial charge on any atom is 4.00 e. The van der Waals surface area contributed by atoms with Crippen molar-refractivity contribution in [2.45, 2.75) is 12.2 Å². The molecule has 0 rings (SSSR count). The van der Waals surface area contributed by atoms with Crippen LogP contribution in [0.15, 0.2) is 0 Å². The number of hydrogen-bond donors (Lipinski definition) is 2. The number of rotatable bonds is 24. The van der Waals surface area contributed by atoms with E-state index in [2.05, 4.69) is 0 Å². The van der Waals surface area contributed by atoms with Crippen molar-refractivity contribution in [3.05, 3.63) is 0 Å². The summed E-state index contributed by atoms with van der Waals surface area (Å²) in [5.74, 6) is -12.7. The molecule has 0 aliphatic carbocycles. The summed E-state index contributed by atoms with van der Waals surface area (Å²) in [7, 11) is 0. The number of carboxylic acid groups (broad SMARTS) is 8. The zero-order valence-electron chi connectivity index (χ0n) is 23.5. The van der Waals surface area contributed by atoms with Gasteiger partial charge in [0.15, 0.2) is 0 Å². The van der Waals surface area contributed by atoms with E-state index < -0.39 is 138 Å². The molecule has 46 heavy (non-hydrogen) atoms. The summed E-state index contributed by atoms with van der Waals surface area (Å²) in [5, 5.41) is 103. The summed E-state index contributed by atoms with van der Waals surface area (Å²) in [5.41, 5.74) is 0. The molecule has 0 saturated heterocycles. The van der Waals surface area contributed by atoms with E-state index in [4.69, 9.17) is 0 Å². The average Bonchev–Trinajstić information content (AvgIpc) is 2.75. The Kier molecular flexibility index (Phi) is 29.3. The molecule has 0 unspecified atom stereocenters. The van der Waals surface area contributed by atoms with Crippen molar-refractivity contribution >= 4 is 47.8 Å². The van der Waals surface area contributed by atoms with Crippen LogP contribution < -0.4 is 40.9 Å². The monoisotopic (exact) mass is 1030 g/mol. The third kappa shape index (κ3) is 32.3. The molecule has 0 radical (unpaired) electrons. The number of carboxylic acids is 8. The normalized spacial score (nSPS) is 10.6. The molecule has 0 saturated carbocycles. The van der Waals surface area contributed by atoms with Crippen LogP contribution in [0.5, 0.6) is 0 Å². The Labute approximate surface area is 288 Å². The van der Waals surface area contributed by atoms with Gasteiger partial charge >= 0.3 is 42.1 Å². The average molecular weight is 1030 g/mol. The first-order chi connectivity index (χ1) is 20.2. The molecule has 0 spiro atoms. The minimum Gasteiger partial charge on any atom is -0.549 e. The van der Waals surface area contributed by atoms with Crippen molar-refractivity contribution in [3.63, 3.8) is 0 Å². The molecule has 0 aliphatic rings. The molecule has 0 atom stereocenters. The van der Waals surface area contributed by atoms with Gasteiger partial charge in [-0.05, 0) is 0 Å². The van der Waals surface area contributed by atoms with Crippen LogP contribution in [-0.4, -0.2) is 168 Å². The van der Waals surface area contributed by atoms with E-state index in [-0.39, 0.29) is 42.1 Å². The van der Waals surface area contributed by atoms with Gasteiger partial charge in [0.05, 0.1) is 60.0 Å². The van der Waals surface area contributed by atoms with E-state index in [0.717, 1.165) is 19.6 Å². The fraction of sp³-hybridized carbons (Fsp3) is 0.636. The smallest absolute Gasteiger partial charge is 0.549 e. The van der Waals surface area contributed by atoms with Crippen LogP contribution in [0.4, 0.5) is 0 Å². The Morgan fingerprint density at radius 1 is 0.348 bits per heavy atom. The summed E-state index contributed by atoms with van der Waals surface area (Å²) in [6, 6.07) is 0. The summed E-state index contributed by atoms with van der Waals surface area (Å²) in [6.07, 6.45) is -2.84. The van der Waals surface area contributed by atoms with Crippen LogP contribution in [0.25, 0.3) is 0 Å². The predicted molar refractivity (Wildman–Crippen MR) is 118 cm³/mol. The van der Waals surface area contributed by atoms with Gasteiger partial charge in [0, 0.05) is 78.5 Å². The molecule has 0 aliphatic heterocycles. The molecular weight excluding hydrogens is 998 g/mol. The Morgan fingerprint density at radius 2 is 0.457 bits per heavy atom. The largest absolute Gasteiger partial charge is 4.00 e. The fourth-order valence-corrected chi connectivity index (χ4v) is 3.51. The van der Waals surface area contributed by atoms with E-state index in [1.807, 2.05) is 0 Å². The Morgan fingerprint density at radius 3 is 0.543 bits per heavy atom. The zero-order valence-corrected chi connectivity index (χ0v) is 28.0. The molecule has 0 aromatic heterocycles. The van der Waals surface area contributed by atoms with E-state index >= 15 is 0 Å². The molecule has 2 N–H and O–H groups in total. The number of aliphatic hydroxyl groups is 2. The molecule has 0 aromatic carbocycles. The van der Waals surface area contributed by atoms with Gasteiger partial charge in [-0.15, -0.1) is 0 Å². The minimum absolute atomic E-state index is 0.